The van der Waals surface area contributed by atoms with Crippen molar-refractivity contribution in [1.82, 2.24) is 4.98 Å². The summed E-state index contributed by atoms with van der Waals surface area (Å²) in [7, 11) is 0. The number of aryl methyl sites for hydroxylation is 1. The maximum atomic E-state index is 4.78. The summed E-state index contributed by atoms with van der Waals surface area (Å²) in [5, 5.41) is 1.27. The number of hydrogen-bond acceptors (Lipinski definition) is 2. The predicted molar refractivity (Wildman–Crippen MR) is 96.8 cm³/mol. The quantitative estimate of drug-likeness (QED) is 0.662. The van der Waals surface area contributed by atoms with E-state index in [0.29, 0.717) is 0 Å². The van der Waals surface area contributed by atoms with Crippen molar-refractivity contribution < 1.29 is 0 Å². The number of anilines is 1. The van der Waals surface area contributed by atoms with E-state index in [0.717, 1.165) is 24.3 Å². The normalized spacial score (nSPS) is 15.1. The number of pyridine rings is 1. The zero-order valence-corrected chi connectivity index (χ0v) is 13.5. The Morgan fingerprint density at radius 1 is 0.913 bits per heavy atom. The number of aromatic nitrogens is 1. The fourth-order valence-electron chi connectivity index (χ4n) is 3.49. The molecule has 115 valence electrons. The molecule has 0 saturated carbocycles. The van der Waals surface area contributed by atoms with Crippen LogP contribution in [-0.4, -0.2) is 18.1 Å². The molecule has 0 N–H and O–H groups in total. The Kier molecular flexibility index (Phi) is 3.74. The summed E-state index contributed by atoms with van der Waals surface area (Å²) in [6.07, 6.45) is 3.94. The molecule has 0 atom stereocenters. The van der Waals surface area contributed by atoms with E-state index in [2.05, 4.69) is 54.3 Å². The molecule has 1 radical (unpaired) electrons. The summed E-state index contributed by atoms with van der Waals surface area (Å²) in [5.41, 5.74) is 5.97. The number of rotatable bonds is 2. The van der Waals surface area contributed by atoms with Crippen LogP contribution >= 0.6 is 0 Å². The topological polar surface area (TPSA) is 16.1 Å². The van der Waals surface area contributed by atoms with Gasteiger partial charge >= 0.3 is 0 Å². The van der Waals surface area contributed by atoms with E-state index in [1.165, 1.54) is 41.5 Å². The highest BCUT2D eigenvalue weighted by atomic mass is 15.1. The first-order chi connectivity index (χ1) is 11.3. The van der Waals surface area contributed by atoms with Gasteiger partial charge in [-0.25, -0.2) is 0 Å². The van der Waals surface area contributed by atoms with Crippen molar-refractivity contribution >= 4 is 16.6 Å². The van der Waals surface area contributed by atoms with Crippen LogP contribution < -0.4 is 4.90 Å². The Morgan fingerprint density at radius 3 is 2.48 bits per heavy atom. The summed E-state index contributed by atoms with van der Waals surface area (Å²) in [6.45, 7) is 4.42. The molecule has 1 fully saturated rings. The van der Waals surface area contributed by atoms with E-state index in [1.54, 1.807) is 0 Å². The Bertz CT molecular complexity index is 818. The van der Waals surface area contributed by atoms with Crippen LogP contribution in [0.3, 0.4) is 0 Å². The zero-order valence-electron chi connectivity index (χ0n) is 13.5. The standard InChI is InChI=1S/C21H21N2/c1-16-14-21(23-12-6-3-7-13-23)19-11-10-18(15-20(19)22-16)17-8-4-2-5-9-17/h4-5,8-11,14-15H,3,6-7,12-13H2,1H3. The molecule has 2 heterocycles. The Balaban J connectivity index is 1.83. The van der Waals surface area contributed by atoms with Gasteiger partial charge in [0, 0.05) is 29.9 Å². The van der Waals surface area contributed by atoms with Crippen molar-refractivity contribution in [3.63, 3.8) is 0 Å². The minimum absolute atomic E-state index is 1.09. The van der Waals surface area contributed by atoms with Gasteiger partial charge < -0.3 is 4.90 Å². The first-order valence-corrected chi connectivity index (χ1v) is 8.44. The van der Waals surface area contributed by atoms with Crippen LogP contribution in [-0.2, 0) is 0 Å². The molecule has 3 aromatic rings. The molecular weight excluding hydrogens is 280 g/mol. The third kappa shape index (κ3) is 2.81. The van der Waals surface area contributed by atoms with Crippen LogP contribution in [0.1, 0.15) is 25.0 Å². The van der Waals surface area contributed by atoms with Gasteiger partial charge in [-0.05, 0) is 55.5 Å². The molecular formula is C21H21N2. The lowest BCUT2D eigenvalue weighted by molar-refractivity contribution is 0.579. The number of piperidine rings is 1. The maximum absolute atomic E-state index is 4.78. The van der Waals surface area contributed by atoms with E-state index in [9.17, 15) is 0 Å². The van der Waals surface area contributed by atoms with Gasteiger partial charge in [0.1, 0.15) is 0 Å². The highest BCUT2D eigenvalue weighted by Crippen LogP contribution is 2.31. The van der Waals surface area contributed by atoms with Crippen molar-refractivity contribution in [3.8, 4) is 11.1 Å². The summed E-state index contributed by atoms with van der Waals surface area (Å²) in [5.74, 6) is 0. The molecule has 0 amide bonds. The summed E-state index contributed by atoms with van der Waals surface area (Å²) >= 11 is 0. The van der Waals surface area contributed by atoms with Crippen LogP contribution in [0.5, 0.6) is 0 Å². The lowest BCUT2D eigenvalue weighted by atomic mass is 10.0. The second-order valence-corrected chi connectivity index (χ2v) is 6.35. The number of hydrogen-bond donors (Lipinski definition) is 0. The smallest absolute Gasteiger partial charge is 0.0732 e. The molecule has 0 bridgehead atoms. The fourth-order valence-corrected chi connectivity index (χ4v) is 3.49. The first-order valence-electron chi connectivity index (χ1n) is 8.44. The van der Waals surface area contributed by atoms with Crippen molar-refractivity contribution in [1.29, 1.82) is 0 Å². The van der Waals surface area contributed by atoms with E-state index in [-0.39, 0.29) is 0 Å². The van der Waals surface area contributed by atoms with Crippen molar-refractivity contribution in [2.24, 2.45) is 0 Å². The van der Waals surface area contributed by atoms with Crippen LogP contribution in [0.2, 0.25) is 0 Å². The van der Waals surface area contributed by atoms with Crippen molar-refractivity contribution in [3.05, 3.63) is 60.3 Å². The van der Waals surface area contributed by atoms with E-state index >= 15 is 0 Å². The first kappa shape index (κ1) is 14.3. The zero-order chi connectivity index (χ0) is 15.6. The molecule has 1 aliphatic heterocycles. The van der Waals surface area contributed by atoms with Crippen molar-refractivity contribution in [2.45, 2.75) is 26.2 Å². The highest BCUT2D eigenvalue weighted by molar-refractivity contribution is 5.94. The van der Waals surface area contributed by atoms with Gasteiger partial charge in [-0.15, -0.1) is 0 Å². The molecule has 1 aromatic heterocycles. The minimum atomic E-state index is 1.09. The monoisotopic (exact) mass is 301 g/mol. The van der Waals surface area contributed by atoms with Gasteiger partial charge in [0.25, 0.3) is 0 Å². The van der Waals surface area contributed by atoms with Gasteiger partial charge in [0.2, 0.25) is 0 Å². The van der Waals surface area contributed by atoms with Gasteiger partial charge in [-0.3, -0.25) is 4.98 Å². The van der Waals surface area contributed by atoms with Gasteiger partial charge in [-0.1, -0.05) is 36.4 Å². The fraction of sp³-hybridized carbons (Fsp3) is 0.286. The summed E-state index contributed by atoms with van der Waals surface area (Å²) in [4.78, 5) is 7.31. The lowest BCUT2D eigenvalue weighted by Crippen LogP contribution is -2.29. The van der Waals surface area contributed by atoms with Crippen LogP contribution in [0.4, 0.5) is 5.69 Å². The Morgan fingerprint density at radius 2 is 1.70 bits per heavy atom. The maximum Gasteiger partial charge on any atom is 0.0732 e. The molecule has 0 unspecified atom stereocenters. The largest absolute Gasteiger partial charge is 0.371 e. The predicted octanol–water partition coefficient (Wildman–Crippen LogP) is 5.00. The molecule has 0 aliphatic carbocycles. The second kappa shape index (κ2) is 6.04. The number of benzene rings is 2. The average Bonchev–Trinajstić information content (AvgIpc) is 2.62. The van der Waals surface area contributed by atoms with Crippen molar-refractivity contribution in [2.75, 3.05) is 18.0 Å². The molecule has 1 aliphatic rings. The Hall–Kier alpha value is -2.35. The summed E-state index contributed by atoms with van der Waals surface area (Å²) in [6, 6.07) is 20.1. The van der Waals surface area contributed by atoms with E-state index in [1.807, 2.05) is 12.1 Å². The van der Waals surface area contributed by atoms with Crippen LogP contribution in [0.25, 0.3) is 22.0 Å². The molecule has 23 heavy (non-hydrogen) atoms. The van der Waals surface area contributed by atoms with Gasteiger partial charge in [0.15, 0.2) is 0 Å². The molecule has 0 spiro atoms. The summed E-state index contributed by atoms with van der Waals surface area (Å²) < 4.78 is 0. The Labute approximate surface area is 137 Å². The molecule has 2 aromatic carbocycles. The van der Waals surface area contributed by atoms with E-state index in [4.69, 9.17) is 4.98 Å². The van der Waals surface area contributed by atoms with E-state index < -0.39 is 0 Å². The third-order valence-electron chi connectivity index (χ3n) is 4.66. The molecule has 4 rings (SSSR count). The molecule has 2 nitrogen and oxygen atoms in total. The number of nitrogens with zero attached hydrogens (tertiary/aromatic N) is 2. The van der Waals surface area contributed by atoms with Gasteiger partial charge in [-0.2, -0.15) is 0 Å². The van der Waals surface area contributed by atoms with Gasteiger partial charge in [0.05, 0.1) is 5.52 Å². The molecule has 1 saturated heterocycles. The third-order valence-corrected chi connectivity index (χ3v) is 4.66. The number of fused-ring (bicyclic) bond motifs is 1. The SMILES string of the molecule is Cc1cc(N2CCCCC2)c2ccc(-c3cc[c]cc3)cc2n1. The average molecular weight is 301 g/mol. The minimum Gasteiger partial charge on any atom is -0.371 e. The van der Waals surface area contributed by atoms with Crippen LogP contribution in [0.15, 0.2) is 48.5 Å². The highest BCUT2D eigenvalue weighted by Gasteiger charge is 2.15. The second-order valence-electron chi connectivity index (χ2n) is 6.35. The molecule has 2 heteroatoms. The lowest BCUT2D eigenvalue weighted by Gasteiger charge is -2.30. The van der Waals surface area contributed by atoms with Crippen LogP contribution in [0, 0.1) is 13.0 Å².